The molecule has 1 atom stereocenters. The Kier molecular flexibility index (Phi) is 5.27. The predicted molar refractivity (Wildman–Crippen MR) is 105 cm³/mol. The second kappa shape index (κ2) is 7.98. The van der Waals surface area contributed by atoms with Crippen molar-refractivity contribution in [3.8, 4) is 17.1 Å². The van der Waals surface area contributed by atoms with Gasteiger partial charge in [-0.15, -0.1) is 0 Å². The van der Waals surface area contributed by atoms with Crippen LogP contribution in [0.2, 0.25) is 5.02 Å². The van der Waals surface area contributed by atoms with Gasteiger partial charge >= 0.3 is 0 Å². The quantitative estimate of drug-likeness (QED) is 0.698. The first-order chi connectivity index (χ1) is 13.2. The maximum absolute atomic E-state index is 5.86. The van der Waals surface area contributed by atoms with E-state index in [2.05, 4.69) is 32.5 Å². The molecule has 140 valence electrons. The third kappa shape index (κ3) is 4.23. The number of hydrogen-bond donors (Lipinski definition) is 1. The highest BCUT2D eigenvalue weighted by Crippen LogP contribution is 2.24. The Morgan fingerprint density at radius 1 is 1.19 bits per heavy atom. The summed E-state index contributed by atoms with van der Waals surface area (Å²) < 4.78 is 10.9. The number of aromatic nitrogens is 2. The minimum absolute atomic E-state index is 0.214. The molecule has 0 aliphatic carbocycles. The van der Waals surface area contributed by atoms with Crippen LogP contribution in [0, 0.1) is 0 Å². The average molecular weight is 385 g/mol. The van der Waals surface area contributed by atoms with Crippen molar-refractivity contribution in [3.05, 3.63) is 59.4 Å². The van der Waals surface area contributed by atoms with Crippen LogP contribution in [0.5, 0.6) is 5.75 Å². The Bertz CT molecular complexity index is 880. The van der Waals surface area contributed by atoms with Crippen LogP contribution < -0.4 is 15.0 Å². The number of anilines is 1. The molecule has 2 aromatic carbocycles. The summed E-state index contributed by atoms with van der Waals surface area (Å²) in [6.45, 7) is 2.31. The van der Waals surface area contributed by atoms with E-state index < -0.39 is 0 Å². The minimum Gasteiger partial charge on any atom is -0.484 e. The third-order valence-electron chi connectivity index (χ3n) is 4.73. The molecule has 1 aliphatic heterocycles. The van der Waals surface area contributed by atoms with Crippen LogP contribution in [0.4, 0.5) is 5.69 Å². The lowest BCUT2D eigenvalue weighted by molar-refractivity contribution is 0.243. The monoisotopic (exact) mass is 384 g/mol. The number of rotatable bonds is 6. The van der Waals surface area contributed by atoms with E-state index in [1.54, 1.807) is 24.3 Å². The molecule has 27 heavy (non-hydrogen) atoms. The average Bonchev–Trinajstić information content (AvgIpc) is 3.37. The van der Waals surface area contributed by atoms with E-state index in [-0.39, 0.29) is 6.61 Å². The molecule has 1 aliphatic rings. The van der Waals surface area contributed by atoms with Crippen molar-refractivity contribution in [2.75, 3.05) is 25.0 Å². The Balaban J connectivity index is 1.38. The first-order valence-corrected chi connectivity index (χ1v) is 9.32. The highest BCUT2D eigenvalue weighted by Gasteiger charge is 2.21. The van der Waals surface area contributed by atoms with Crippen LogP contribution in [0.1, 0.15) is 12.3 Å². The van der Waals surface area contributed by atoms with Crippen LogP contribution in [0.15, 0.2) is 53.1 Å². The molecule has 0 amide bonds. The summed E-state index contributed by atoms with van der Waals surface area (Å²) in [4.78, 5) is 6.79. The summed E-state index contributed by atoms with van der Waals surface area (Å²) >= 11 is 5.86. The zero-order valence-corrected chi connectivity index (χ0v) is 15.8. The van der Waals surface area contributed by atoms with Gasteiger partial charge in [0.15, 0.2) is 6.61 Å². The molecule has 1 N–H and O–H groups in total. The molecule has 2 heterocycles. The van der Waals surface area contributed by atoms with Crippen LogP contribution in [-0.4, -0.2) is 36.3 Å². The molecule has 0 spiro atoms. The molecule has 7 heteroatoms. The highest BCUT2D eigenvalue weighted by molar-refractivity contribution is 6.30. The lowest BCUT2D eigenvalue weighted by Gasteiger charge is -2.18. The molecular weight excluding hydrogens is 364 g/mol. The molecule has 4 rings (SSSR count). The Labute approximate surface area is 163 Å². The number of hydrogen-bond acceptors (Lipinski definition) is 6. The van der Waals surface area contributed by atoms with Gasteiger partial charge in [-0.1, -0.05) is 16.8 Å². The summed E-state index contributed by atoms with van der Waals surface area (Å²) in [7, 11) is 2.02. The van der Waals surface area contributed by atoms with E-state index in [1.165, 1.54) is 12.1 Å². The van der Waals surface area contributed by atoms with E-state index in [4.69, 9.17) is 20.9 Å². The van der Waals surface area contributed by atoms with Crippen molar-refractivity contribution in [1.82, 2.24) is 15.5 Å². The molecule has 0 radical (unpaired) electrons. The first kappa shape index (κ1) is 17.8. The molecule has 0 saturated carbocycles. The minimum atomic E-state index is 0.214. The number of likely N-dealkylation sites (N-methyl/N-ethyl adjacent to an activating group) is 1. The van der Waals surface area contributed by atoms with Crippen molar-refractivity contribution in [2.24, 2.45) is 0 Å². The van der Waals surface area contributed by atoms with Gasteiger partial charge in [0, 0.05) is 35.4 Å². The molecule has 1 saturated heterocycles. The van der Waals surface area contributed by atoms with Gasteiger partial charge in [-0.25, -0.2) is 0 Å². The second-order valence-corrected chi connectivity index (χ2v) is 6.96. The highest BCUT2D eigenvalue weighted by atomic mass is 35.5. The number of nitrogens with zero attached hydrogens (tertiary/aromatic N) is 3. The normalized spacial score (nSPS) is 16.7. The second-order valence-electron chi connectivity index (χ2n) is 6.52. The fourth-order valence-corrected chi connectivity index (χ4v) is 3.28. The van der Waals surface area contributed by atoms with Crippen molar-refractivity contribution in [1.29, 1.82) is 0 Å². The predicted octanol–water partition coefficient (Wildman–Crippen LogP) is 3.77. The summed E-state index contributed by atoms with van der Waals surface area (Å²) in [5.41, 5.74) is 2.14. The summed E-state index contributed by atoms with van der Waals surface area (Å²) in [6, 6.07) is 16.0. The number of nitrogens with one attached hydrogen (secondary N) is 1. The third-order valence-corrected chi connectivity index (χ3v) is 4.98. The van der Waals surface area contributed by atoms with Crippen LogP contribution in [0.25, 0.3) is 11.4 Å². The first-order valence-electron chi connectivity index (χ1n) is 8.95. The fraction of sp³-hybridized carbons (Fsp3) is 0.300. The van der Waals surface area contributed by atoms with Crippen molar-refractivity contribution in [2.45, 2.75) is 19.1 Å². The van der Waals surface area contributed by atoms with Crippen LogP contribution in [0.3, 0.4) is 0 Å². The topological polar surface area (TPSA) is 63.4 Å². The Morgan fingerprint density at radius 3 is 2.67 bits per heavy atom. The van der Waals surface area contributed by atoms with E-state index >= 15 is 0 Å². The van der Waals surface area contributed by atoms with Crippen molar-refractivity contribution in [3.63, 3.8) is 0 Å². The Morgan fingerprint density at radius 2 is 1.96 bits per heavy atom. The summed E-state index contributed by atoms with van der Waals surface area (Å²) in [6.07, 6.45) is 1.17. The molecular formula is C20H21ClN4O2. The van der Waals surface area contributed by atoms with E-state index in [1.807, 2.05) is 19.2 Å². The van der Waals surface area contributed by atoms with Gasteiger partial charge in [0.1, 0.15) is 5.75 Å². The largest absolute Gasteiger partial charge is 0.484 e. The van der Waals surface area contributed by atoms with E-state index in [9.17, 15) is 0 Å². The summed E-state index contributed by atoms with van der Waals surface area (Å²) in [5.74, 6) is 1.69. The standard InChI is InChI=1S/C20H21ClN4O2/c1-22-16-10-11-25(12-16)17-6-2-14(3-7-17)20-23-19(27-24-20)13-26-18-8-4-15(21)5-9-18/h2-9,16,22H,10-13H2,1H3/t16-/m1/s1. The van der Waals surface area contributed by atoms with Gasteiger partial charge in [0.25, 0.3) is 5.89 Å². The molecule has 1 fully saturated rings. The SMILES string of the molecule is CN[C@@H]1CCN(c2ccc(-c3noc(COc4ccc(Cl)cc4)n3)cc2)C1. The maximum atomic E-state index is 5.86. The lowest BCUT2D eigenvalue weighted by atomic mass is 10.2. The van der Waals surface area contributed by atoms with Crippen molar-refractivity contribution >= 4 is 17.3 Å². The van der Waals surface area contributed by atoms with Crippen LogP contribution in [-0.2, 0) is 6.61 Å². The maximum Gasteiger partial charge on any atom is 0.264 e. The van der Waals surface area contributed by atoms with Gasteiger partial charge in [-0.3, -0.25) is 0 Å². The smallest absolute Gasteiger partial charge is 0.264 e. The van der Waals surface area contributed by atoms with Gasteiger partial charge in [-0.05, 0) is 62.0 Å². The molecule has 3 aromatic rings. The Hall–Kier alpha value is -2.57. The molecule has 0 bridgehead atoms. The van der Waals surface area contributed by atoms with Gasteiger partial charge < -0.3 is 19.5 Å². The number of ether oxygens (including phenoxy) is 1. The molecule has 1 aromatic heterocycles. The van der Waals surface area contributed by atoms with Gasteiger partial charge in [0.2, 0.25) is 5.82 Å². The number of halogens is 1. The zero-order chi connectivity index (χ0) is 18.6. The molecule has 6 nitrogen and oxygen atoms in total. The van der Waals surface area contributed by atoms with E-state index in [0.717, 1.165) is 18.7 Å². The summed E-state index contributed by atoms with van der Waals surface area (Å²) in [5, 5.41) is 8.06. The fourth-order valence-electron chi connectivity index (χ4n) is 3.16. The zero-order valence-electron chi connectivity index (χ0n) is 15.1. The van der Waals surface area contributed by atoms with Crippen LogP contribution >= 0.6 is 11.6 Å². The van der Waals surface area contributed by atoms with Crippen molar-refractivity contribution < 1.29 is 9.26 Å². The lowest BCUT2D eigenvalue weighted by Crippen LogP contribution is -2.29. The van der Waals surface area contributed by atoms with Gasteiger partial charge in [0.05, 0.1) is 0 Å². The van der Waals surface area contributed by atoms with Gasteiger partial charge in [-0.2, -0.15) is 4.98 Å². The van der Waals surface area contributed by atoms with E-state index in [0.29, 0.717) is 28.5 Å². The molecule has 0 unspecified atom stereocenters. The number of benzene rings is 2.